The number of pyridine rings is 1. The number of aryl methyl sites for hydroxylation is 4. The van der Waals surface area contributed by atoms with Gasteiger partial charge in [-0.25, -0.2) is 4.57 Å². The van der Waals surface area contributed by atoms with Crippen molar-refractivity contribution < 1.29 is 21.5 Å². The predicted molar refractivity (Wildman–Crippen MR) is 102 cm³/mol. The molecule has 0 aliphatic carbocycles. The van der Waals surface area contributed by atoms with Gasteiger partial charge in [-0.2, -0.15) is 0 Å². The zero-order valence-electron chi connectivity index (χ0n) is 14.7. The number of nitrogens with zero attached hydrogens (tertiary/aromatic N) is 1. The maximum Gasteiger partial charge on any atom is 0.169 e. The van der Waals surface area contributed by atoms with Gasteiger partial charge in [0.25, 0.3) is 0 Å². The Kier molecular flexibility index (Phi) is 6.24. The Balaban J connectivity index is 0.00000196. The monoisotopic (exact) mass is 406 g/mol. The molecule has 0 fully saturated rings. The van der Waals surface area contributed by atoms with Crippen LogP contribution >= 0.6 is 0 Å². The molecular weight excluding hydrogens is 384 g/mol. The van der Waals surface area contributed by atoms with E-state index in [1.54, 1.807) is 0 Å². The summed E-state index contributed by atoms with van der Waals surface area (Å²) in [5, 5.41) is 1.34. The van der Waals surface area contributed by atoms with Gasteiger partial charge in [0.15, 0.2) is 18.9 Å². The van der Waals surface area contributed by atoms with Crippen molar-refractivity contribution in [1.29, 1.82) is 0 Å². The highest BCUT2D eigenvalue weighted by Gasteiger charge is 2.05. The van der Waals surface area contributed by atoms with Crippen LogP contribution in [0.2, 0.25) is 0 Å². The minimum absolute atomic E-state index is 0. The van der Waals surface area contributed by atoms with Crippen molar-refractivity contribution in [2.45, 2.75) is 25.8 Å². The van der Waals surface area contributed by atoms with Crippen molar-refractivity contribution in [3.05, 3.63) is 102 Å². The molecule has 0 amide bonds. The molecule has 3 heteroatoms. The van der Waals surface area contributed by atoms with E-state index >= 15 is 0 Å². The SMILES string of the molecule is [Br-].c1ccc(CC[n+]2ccc(CCc3c[nH]c4ccccc34)cc2)cc1. The van der Waals surface area contributed by atoms with E-state index < -0.39 is 0 Å². The van der Waals surface area contributed by atoms with Crippen molar-refractivity contribution in [2.24, 2.45) is 0 Å². The Morgan fingerprint density at radius 2 is 1.38 bits per heavy atom. The molecule has 0 saturated heterocycles. The average molecular weight is 407 g/mol. The highest BCUT2D eigenvalue weighted by atomic mass is 79.9. The van der Waals surface area contributed by atoms with Crippen molar-refractivity contribution in [2.75, 3.05) is 0 Å². The normalized spacial score (nSPS) is 10.6. The Hall–Kier alpha value is -2.39. The lowest BCUT2D eigenvalue weighted by Crippen LogP contribution is -3.00. The molecule has 0 aliphatic heterocycles. The maximum absolute atomic E-state index is 3.36. The molecule has 0 spiro atoms. The van der Waals surface area contributed by atoms with Gasteiger partial charge in [0.05, 0.1) is 0 Å². The summed E-state index contributed by atoms with van der Waals surface area (Å²) >= 11 is 0. The third-order valence-corrected chi connectivity index (χ3v) is 4.82. The summed E-state index contributed by atoms with van der Waals surface area (Å²) < 4.78 is 2.27. The van der Waals surface area contributed by atoms with Crippen LogP contribution in [-0.2, 0) is 25.8 Å². The number of para-hydroxylation sites is 1. The van der Waals surface area contributed by atoms with Crippen LogP contribution in [0.3, 0.4) is 0 Å². The molecule has 0 bridgehead atoms. The number of hydrogen-bond donors (Lipinski definition) is 1. The van der Waals surface area contributed by atoms with Crippen molar-refractivity contribution in [1.82, 2.24) is 4.98 Å². The lowest BCUT2D eigenvalue weighted by Gasteiger charge is -2.02. The summed E-state index contributed by atoms with van der Waals surface area (Å²) in [7, 11) is 0. The van der Waals surface area contributed by atoms with Crippen LogP contribution in [-0.4, -0.2) is 4.98 Å². The quantitative estimate of drug-likeness (QED) is 0.468. The predicted octanol–water partition coefficient (Wildman–Crippen LogP) is 1.49. The van der Waals surface area contributed by atoms with E-state index in [2.05, 4.69) is 94.9 Å². The molecule has 0 aliphatic rings. The van der Waals surface area contributed by atoms with Gasteiger partial charge in [-0.1, -0.05) is 48.5 Å². The topological polar surface area (TPSA) is 19.7 Å². The van der Waals surface area contributed by atoms with Crippen LogP contribution in [0.1, 0.15) is 16.7 Å². The van der Waals surface area contributed by atoms with Gasteiger partial charge in [0, 0.05) is 35.7 Å². The lowest BCUT2D eigenvalue weighted by atomic mass is 10.0. The summed E-state index contributed by atoms with van der Waals surface area (Å²) in [6.07, 6.45) is 9.76. The summed E-state index contributed by atoms with van der Waals surface area (Å²) in [6.45, 7) is 1.02. The number of hydrogen-bond acceptors (Lipinski definition) is 0. The van der Waals surface area contributed by atoms with E-state index in [1.165, 1.54) is 27.6 Å². The summed E-state index contributed by atoms with van der Waals surface area (Å²) in [5.41, 5.74) is 5.40. The minimum atomic E-state index is 0. The highest BCUT2D eigenvalue weighted by Crippen LogP contribution is 2.19. The number of benzene rings is 2. The number of aromatic amines is 1. The fourth-order valence-corrected chi connectivity index (χ4v) is 3.32. The van der Waals surface area contributed by atoms with Gasteiger partial charge in [0.1, 0.15) is 0 Å². The Labute approximate surface area is 165 Å². The first-order chi connectivity index (χ1) is 12.4. The second-order valence-corrected chi connectivity index (χ2v) is 6.54. The largest absolute Gasteiger partial charge is 1.00 e. The van der Waals surface area contributed by atoms with Crippen molar-refractivity contribution in [3.8, 4) is 0 Å². The zero-order valence-corrected chi connectivity index (χ0v) is 16.3. The number of rotatable bonds is 6. The van der Waals surface area contributed by atoms with E-state index in [-0.39, 0.29) is 17.0 Å². The third-order valence-electron chi connectivity index (χ3n) is 4.82. The van der Waals surface area contributed by atoms with E-state index in [9.17, 15) is 0 Å². The van der Waals surface area contributed by atoms with Gasteiger partial charge in [-0.15, -0.1) is 0 Å². The molecule has 0 radical (unpaired) electrons. The summed E-state index contributed by atoms with van der Waals surface area (Å²) in [4.78, 5) is 3.36. The second-order valence-electron chi connectivity index (χ2n) is 6.54. The average Bonchev–Trinajstić information content (AvgIpc) is 3.10. The van der Waals surface area contributed by atoms with E-state index in [4.69, 9.17) is 0 Å². The zero-order chi connectivity index (χ0) is 16.9. The summed E-state index contributed by atoms with van der Waals surface area (Å²) in [6, 6.07) is 23.7. The first-order valence-electron chi connectivity index (χ1n) is 8.95. The van der Waals surface area contributed by atoms with Crippen LogP contribution in [0.5, 0.6) is 0 Å². The van der Waals surface area contributed by atoms with Gasteiger partial charge in [0.2, 0.25) is 0 Å². The van der Waals surface area contributed by atoms with Crippen LogP contribution in [0.15, 0.2) is 85.3 Å². The fraction of sp³-hybridized carbons (Fsp3) is 0.174. The van der Waals surface area contributed by atoms with Crippen LogP contribution in [0.25, 0.3) is 10.9 Å². The number of nitrogens with one attached hydrogen (secondary N) is 1. The number of fused-ring (bicyclic) bond motifs is 1. The molecule has 4 rings (SSSR count). The first-order valence-corrected chi connectivity index (χ1v) is 8.95. The lowest BCUT2D eigenvalue weighted by molar-refractivity contribution is -0.696. The van der Waals surface area contributed by atoms with Gasteiger partial charge in [-0.05, 0) is 35.6 Å². The standard InChI is InChI=1S/C23H23N2.BrH/c1-2-6-19(7-3-1)12-15-25-16-13-20(14-17-25)10-11-21-18-24-23-9-5-4-8-22(21)23;/h1-9,13-14,16-18,24H,10-12,15H2;1H/q+1;/p-1. The van der Waals surface area contributed by atoms with Crippen molar-refractivity contribution >= 4 is 10.9 Å². The van der Waals surface area contributed by atoms with Crippen LogP contribution in [0.4, 0.5) is 0 Å². The fourth-order valence-electron chi connectivity index (χ4n) is 3.32. The Morgan fingerprint density at radius 1 is 0.692 bits per heavy atom. The molecule has 4 aromatic rings. The van der Waals surface area contributed by atoms with Gasteiger partial charge < -0.3 is 22.0 Å². The molecule has 0 unspecified atom stereocenters. The Bertz CT molecular complexity index is 943. The second kappa shape index (κ2) is 8.81. The molecule has 132 valence electrons. The smallest absolute Gasteiger partial charge is 0.169 e. The number of halogens is 1. The third kappa shape index (κ3) is 4.41. The minimum Gasteiger partial charge on any atom is -1.00 e. The van der Waals surface area contributed by atoms with E-state index in [0.717, 1.165) is 25.8 Å². The highest BCUT2D eigenvalue weighted by molar-refractivity contribution is 5.83. The van der Waals surface area contributed by atoms with E-state index in [0.29, 0.717) is 0 Å². The molecular formula is C23H23BrN2. The number of H-pyrrole nitrogens is 1. The molecule has 0 atom stereocenters. The molecule has 2 heterocycles. The maximum atomic E-state index is 3.36. The molecule has 2 nitrogen and oxygen atoms in total. The first kappa shape index (κ1) is 18.4. The summed E-state index contributed by atoms with van der Waals surface area (Å²) in [5.74, 6) is 0. The van der Waals surface area contributed by atoms with Gasteiger partial charge in [-0.3, -0.25) is 0 Å². The van der Waals surface area contributed by atoms with Crippen LogP contribution in [0, 0.1) is 0 Å². The molecule has 0 saturated carbocycles. The van der Waals surface area contributed by atoms with E-state index in [1.807, 2.05) is 0 Å². The molecule has 2 aromatic carbocycles. The van der Waals surface area contributed by atoms with Gasteiger partial charge >= 0.3 is 0 Å². The Morgan fingerprint density at radius 3 is 2.19 bits per heavy atom. The van der Waals surface area contributed by atoms with Crippen molar-refractivity contribution in [3.63, 3.8) is 0 Å². The number of aromatic nitrogens is 2. The molecule has 2 aromatic heterocycles. The molecule has 26 heavy (non-hydrogen) atoms. The molecule has 1 N–H and O–H groups in total. The van der Waals surface area contributed by atoms with Crippen LogP contribution < -0.4 is 21.5 Å².